The Morgan fingerprint density at radius 2 is 1.80 bits per heavy atom. The Balaban J connectivity index is 1.69. The largest absolute Gasteiger partial charge is 0.339 e. The van der Waals surface area contributed by atoms with Gasteiger partial charge < -0.3 is 4.90 Å². The van der Waals surface area contributed by atoms with E-state index in [0.29, 0.717) is 17.7 Å². The molecule has 1 aliphatic heterocycles. The summed E-state index contributed by atoms with van der Waals surface area (Å²) in [6.07, 6.45) is 9.56. The maximum atomic E-state index is 12.9. The Hall–Kier alpha value is -0.860. The van der Waals surface area contributed by atoms with Crippen molar-refractivity contribution in [1.82, 2.24) is 4.90 Å². The third-order valence-corrected chi connectivity index (χ3v) is 5.78. The maximum absolute atomic E-state index is 12.9. The number of ketones is 1. The van der Waals surface area contributed by atoms with E-state index in [0.717, 1.165) is 45.1 Å². The van der Waals surface area contributed by atoms with E-state index in [4.69, 9.17) is 0 Å². The molecule has 2 saturated carbocycles. The molecule has 1 saturated heterocycles. The molecular weight excluding hydrogens is 250 g/mol. The van der Waals surface area contributed by atoms with Crippen molar-refractivity contribution in [3.63, 3.8) is 0 Å². The average molecular weight is 277 g/mol. The summed E-state index contributed by atoms with van der Waals surface area (Å²) in [5, 5.41) is 0. The van der Waals surface area contributed by atoms with Crippen LogP contribution in [0, 0.1) is 17.8 Å². The van der Waals surface area contributed by atoms with Crippen molar-refractivity contribution in [3.8, 4) is 0 Å². The summed E-state index contributed by atoms with van der Waals surface area (Å²) >= 11 is 0. The first-order valence-electron chi connectivity index (χ1n) is 8.55. The summed E-state index contributed by atoms with van der Waals surface area (Å²) < 4.78 is 0. The normalized spacial score (nSPS) is 37.9. The first kappa shape index (κ1) is 14.1. The lowest BCUT2D eigenvalue weighted by Crippen LogP contribution is -2.49. The average Bonchev–Trinajstić information content (AvgIpc) is 2.46. The zero-order chi connectivity index (χ0) is 14.1. The molecule has 0 aromatic carbocycles. The number of likely N-dealkylation sites (tertiary alicyclic amines) is 1. The second kappa shape index (κ2) is 5.87. The van der Waals surface area contributed by atoms with E-state index in [1.807, 2.05) is 0 Å². The molecule has 112 valence electrons. The molecule has 4 atom stereocenters. The van der Waals surface area contributed by atoms with E-state index in [1.165, 1.54) is 19.3 Å². The van der Waals surface area contributed by atoms with Crippen LogP contribution in [0.15, 0.2) is 0 Å². The summed E-state index contributed by atoms with van der Waals surface area (Å²) in [5.41, 5.74) is 0. The smallest absolute Gasteiger partial charge is 0.225 e. The van der Waals surface area contributed by atoms with Gasteiger partial charge in [-0.2, -0.15) is 0 Å². The number of Topliss-reactive ketones (excluding diaryl/α,β-unsaturated/α-hetero) is 1. The summed E-state index contributed by atoms with van der Waals surface area (Å²) in [6, 6.07) is 0.453. The molecule has 3 nitrogen and oxygen atoms in total. The molecule has 0 radical (unpaired) electrons. The lowest BCUT2D eigenvalue weighted by Gasteiger charge is -2.42. The summed E-state index contributed by atoms with van der Waals surface area (Å²) in [4.78, 5) is 27.2. The fourth-order valence-corrected chi connectivity index (χ4v) is 4.63. The predicted octanol–water partition coefficient (Wildman–Crippen LogP) is 3.17. The van der Waals surface area contributed by atoms with Crippen LogP contribution in [0.3, 0.4) is 0 Å². The minimum Gasteiger partial charge on any atom is -0.339 e. The van der Waals surface area contributed by atoms with E-state index in [-0.39, 0.29) is 17.8 Å². The van der Waals surface area contributed by atoms with Gasteiger partial charge in [0.15, 0.2) is 0 Å². The number of amides is 1. The number of hydrogen-bond acceptors (Lipinski definition) is 2. The fraction of sp³-hybridized carbons (Fsp3) is 0.882. The number of carbonyl (C=O) groups excluding carboxylic acids is 2. The van der Waals surface area contributed by atoms with Crippen LogP contribution in [0.25, 0.3) is 0 Å². The zero-order valence-electron chi connectivity index (χ0n) is 12.6. The number of rotatable bonds is 2. The summed E-state index contributed by atoms with van der Waals surface area (Å²) in [6.45, 7) is 3.13. The van der Waals surface area contributed by atoms with Gasteiger partial charge in [-0.05, 0) is 51.4 Å². The molecular formula is C17H27NO2. The third-order valence-electron chi connectivity index (χ3n) is 5.78. The van der Waals surface area contributed by atoms with E-state index in [1.54, 1.807) is 0 Å². The van der Waals surface area contributed by atoms with Crippen LogP contribution >= 0.6 is 0 Å². The van der Waals surface area contributed by atoms with Crippen LogP contribution in [0.5, 0.6) is 0 Å². The second-order valence-corrected chi connectivity index (χ2v) is 6.98. The highest BCUT2D eigenvalue weighted by Crippen LogP contribution is 2.41. The van der Waals surface area contributed by atoms with Gasteiger partial charge >= 0.3 is 0 Å². The Bertz CT molecular complexity index is 376. The molecule has 0 aromatic rings. The Morgan fingerprint density at radius 1 is 1.10 bits per heavy atom. The van der Waals surface area contributed by atoms with Gasteiger partial charge in [0.1, 0.15) is 5.78 Å². The number of nitrogens with zero attached hydrogens (tertiary/aromatic N) is 1. The van der Waals surface area contributed by atoms with Crippen molar-refractivity contribution < 1.29 is 9.59 Å². The molecule has 3 aliphatic rings. The summed E-state index contributed by atoms with van der Waals surface area (Å²) in [5.74, 6) is 1.35. The van der Waals surface area contributed by atoms with E-state index >= 15 is 0 Å². The van der Waals surface area contributed by atoms with Crippen molar-refractivity contribution >= 4 is 11.7 Å². The van der Waals surface area contributed by atoms with Crippen LogP contribution in [-0.2, 0) is 9.59 Å². The highest BCUT2D eigenvalue weighted by atomic mass is 16.2. The topological polar surface area (TPSA) is 37.4 Å². The maximum Gasteiger partial charge on any atom is 0.225 e. The molecule has 20 heavy (non-hydrogen) atoms. The Kier molecular flexibility index (Phi) is 4.13. The van der Waals surface area contributed by atoms with Gasteiger partial charge in [0, 0.05) is 30.3 Å². The molecule has 0 spiro atoms. The van der Waals surface area contributed by atoms with E-state index < -0.39 is 0 Å². The first-order chi connectivity index (χ1) is 9.70. The molecule has 1 amide bonds. The zero-order valence-corrected chi connectivity index (χ0v) is 12.6. The van der Waals surface area contributed by atoms with Crippen LogP contribution in [-0.4, -0.2) is 29.2 Å². The van der Waals surface area contributed by atoms with E-state index in [9.17, 15) is 9.59 Å². The fourth-order valence-electron chi connectivity index (χ4n) is 4.63. The number of carbonyl (C=O) groups is 2. The van der Waals surface area contributed by atoms with Crippen molar-refractivity contribution in [2.45, 2.75) is 70.8 Å². The number of piperidine rings is 1. The molecule has 0 aromatic heterocycles. The predicted molar refractivity (Wildman–Crippen MR) is 78.2 cm³/mol. The van der Waals surface area contributed by atoms with Gasteiger partial charge in [-0.15, -0.1) is 0 Å². The van der Waals surface area contributed by atoms with Gasteiger partial charge in [-0.3, -0.25) is 9.59 Å². The highest BCUT2D eigenvalue weighted by Gasteiger charge is 2.43. The third kappa shape index (κ3) is 2.51. The van der Waals surface area contributed by atoms with Gasteiger partial charge in [0.25, 0.3) is 0 Å². The molecule has 1 heterocycles. The van der Waals surface area contributed by atoms with Gasteiger partial charge in [0.2, 0.25) is 5.91 Å². The van der Waals surface area contributed by atoms with Crippen molar-refractivity contribution in [1.29, 1.82) is 0 Å². The van der Waals surface area contributed by atoms with Crippen molar-refractivity contribution in [3.05, 3.63) is 0 Å². The van der Waals surface area contributed by atoms with Crippen LogP contribution in [0.1, 0.15) is 64.7 Å². The standard InChI is InChI=1S/C17H27NO2/c1-2-15-8-3-4-9-18(15)17(20)14-10-12-6-5-7-13(11-14)16(12)19/h12-15H,2-11H2,1H3/t12-,13+,14?,15-/m1/s1. The molecule has 1 unspecified atom stereocenters. The SMILES string of the molecule is CC[C@@H]1CCCCN1C(=O)C1C[C@H]2CCC[C@@H](C1)C2=O. The number of fused-ring (bicyclic) bond motifs is 2. The van der Waals surface area contributed by atoms with Crippen molar-refractivity contribution in [2.24, 2.45) is 17.8 Å². The minimum atomic E-state index is 0.134. The number of hydrogen-bond donors (Lipinski definition) is 0. The second-order valence-electron chi connectivity index (χ2n) is 6.98. The van der Waals surface area contributed by atoms with Gasteiger partial charge in [-0.25, -0.2) is 0 Å². The van der Waals surface area contributed by atoms with Crippen LogP contribution < -0.4 is 0 Å². The molecule has 3 fully saturated rings. The molecule has 3 heteroatoms. The first-order valence-corrected chi connectivity index (χ1v) is 8.55. The molecule has 3 rings (SSSR count). The lowest BCUT2D eigenvalue weighted by molar-refractivity contribution is -0.145. The molecule has 0 N–H and O–H groups in total. The van der Waals surface area contributed by atoms with Crippen LogP contribution in [0.2, 0.25) is 0 Å². The lowest BCUT2D eigenvalue weighted by atomic mass is 9.66. The molecule has 2 bridgehead atoms. The van der Waals surface area contributed by atoms with Crippen molar-refractivity contribution in [2.75, 3.05) is 6.54 Å². The minimum absolute atomic E-state index is 0.134. The summed E-state index contributed by atoms with van der Waals surface area (Å²) in [7, 11) is 0. The van der Waals surface area contributed by atoms with Crippen LogP contribution in [0.4, 0.5) is 0 Å². The quantitative estimate of drug-likeness (QED) is 0.777. The Morgan fingerprint density at radius 3 is 2.45 bits per heavy atom. The Labute approximate surface area is 122 Å². The van der Waals surface area contributed by atoms with Gasteiger partial charge in [-0.1, -0.05) is 13.3 Å². The molecule has 2 aliphatic carbocycles. The van der Waals surface area contributed by atoms with Gasteiger partial charge in [0.05, 0.1) is 0 Å². The monoisotopic (exact) mass is 277 g/mol. The highest BCUT2D eigenvalue weighted by molar-refractivity contribution is 5.88. The van der Waals surface area contributed by atoms with E-state index in [2.05, 4.69) is 11.8 Å².